The van der Waals surface area contributed by atoms with Crippen LogP contribution in [0.2, 0.25) is 0 Å². The predicted molar refractivity (Wildman–Crippen MR) is 63.3 cm³/mol. The highest BCUT2D eigenvalue weighted by molar-refractivity contribution is 5.00. The zero-order chi connectivity index (χ0) is 11.2. The van der Waals surface area contributed by atoms with Gasteiger partial charge in [-0.25, -0.2) is 0 Å². The lowest BCUT2D eigenvalue weighted by Crippen LogP contribution is -2.30. The lowest BCUT2D eigenvalue weighted by molar-refractivity contribution is 0.0403. The van der Waals surface area contributed by atoms with E-state index in [1.54, 1.807) is 6.26 Å². The van der Waals surface area contributed by atoms with Gasteiger partial charge in [-0.15, -0.1) is 0 Å². The first-order chi connectivity index (χ1) is 7.86. The molecule has 3 nitrogen and oxygen atoms in total. The van der Waals surface area contributed by atoms with Gasteiger partial charge in [-0.3, -0.25) is 0 Å². The van der Waals surface area contributed by atoms with Gasteiger partial charge in [0.1, 0.15) is 11.9 Å². The molecule has 0 aromatic carbocycles. The summed E-state index contributed by atoms with van der Waals surface area (Å²) in [6.07, 6.45) is 5.56. The molecule has 1 aliphatic heterocycles. The van der Waals surface area contributed by atoms with Gasteiger partial charge in [0.25, 0.3) is 0 Å². The molecule has 90 valence electrons. The van der Waals surface area contributed by atoms with E-state index in [9.17, 15) is 0 Å². The first-order valence-corrected chi connectivity index (χ1v) is 6.22. The number of rotatable bonds is 5. The van der Waals surface area contributed by atoms with Crippen molar-refractivity contribution in [2.75, 3.05) is 19.7 Å². The van der Waals surface area contributed by atoms with Gasteiger partial charge in [0.15, 0.2) is 0 Å². The molecule has 2 heterocycles. The van der Waals surface area contributed by atoms with Gasteiger partial charge in [0, 0.05) is 6.61 Å². The Hall–Kier alpha value is -0.800. The van der Waals surface area contributed by atoms with E-state index in [1.807, 2.05) is 19.1 Å². The second-order valence-corrected chi connectivity index (χ2v) is 4.53. The Bertz CT molecular complexity index is 278. The van der Waals surface area contributed by atoms with Crippen molar-refractivity contribution in [3.8, 4) is 0 Å². The third-order valence-corrected chi connectivity index (χ3v) is 3.24. The van der Waals surface area contributed by atoms with Crippen LogP contribution in [0.15, 0.2) is 22.8 Å². The number of piperidine rings is 1. The van der Waals surface area contributed by atoms with Gasteiger partial charge < -0.3 is 14.5 Å². The van der Waals surface area contributed by atoms with Gasteiger partial charge in [0.2, 0.25) is 0 Å². The molecule has 16 heavy (non-hydrogen) atoms. The van der Waals surface area contributed by atoms with E-state index >= 15 is 0 Å². The van der Waals surface area contributed by atoms with E-state index in [4.69, 9.17) is 9.15 Å². The molecule has 1 aromatic heterocycles. The highest BCUT2D eigenvalue weighted by atomic mass is 16.5. The molecule has 2 unspecified atom stereocenters. The number of furan rings is 1. The zero-order valence-corrected chi connectivity index (χ0v) is 9.95. The summed E-state index contributed by atoms with van der Waals surface area (Å²) in [5.74, 6) is 1.71. The average molecular weight is 223 g/mol. The highest BCUT2D eigenvalue weighted by Crippen LogP contribution is 2.19. The lowest BCUT2D eigenvalue weighted by atomic mass is 9.97. The Morgan fingerprint density at radius 2 is 2.56 bits per heavy atom. The SMILES string of the molecule is CC(OCCC1CCCNC1)c1ccco1. The van der Waals surface area contributed by atoms with E-state index in [0.29, 0.717) is 0 Å². The molecule has 1 fully saturated rings. The molecule has 0 amide bonds. The average Bonchev–Trinajstić information content (AvgIpc) is 2.84. The Balaban J connectivity index is 1.63. The fourth-order valence-electron chi connectivity index (χ4n) is 2.19. The second-order valence-electron chi connectivity index (χ2n) is 4.53. The largest absolute Gasteiger partial charge is 0.467 e. The maximum Gasteiger partial charge on any atom is 0.132 e. The lowest BCUT2D eigenvalue weighted by Gasteiger charge is -2.23. The van der Waals surface area contributed by atoms with Crippen LogP contribution >= 0.6 is 0 Å². The van der Waals surface area contributed by atoms with Crippen LogP contribution in [0.5, 0.6) is 0 Å². The number of hydrogen-bond acceptors (Lipinski definition) is 3. The third kappa shape index (κ3) is 3.35. The summed E-state index contributed by atoms with van der Waals surface area (Å²) in [5.41, 5.74) is 0. The molecule has 1 aromatic rings. The van der Waals surface area contributed by atoms with Gasteiger partial charge >= 0.3 is 0 Å². The quantitative estimate of drug-likeness (QED) is 0.833. The first kappa shape index (κ1) is 11.7. The van der Waals surface area contributed by atoms with Crippen LogP contribution in [-0.2, 0) is 4.74 Å². The molecule has 0 radical (unpaired) electrons. The fourth-order valence-corrected chi connectivity index (χ4v) is 2.19. The van der Waals surface area contributed by atoms with Gasteiger partial charge in [-0.1, -0.05) is 0 Å². The van der Waals surface area contributed by atoms with Crippen LogP contribution in [0, 0.1) is 5.92 Å². The maximum atomic E-state index is 5.77. The molecule has 2 atom stereocenters. The van der Waals surface area contributed by atoms with Crippen molar-refractivity contribution in [2.24, 2.45) is 5.92 Å². The van der Waals surface area contributed by atoms with Crippen molar-refractivity contribution >= 4 is 0 Å². The van der Waals surface area contributed by atoms with Gasteiger partial charge in [0.05, 0.1) is 6.26 Å². The summed E-state index contributed by atoms with van der Waals surface area (Å²) in [4.78, 5) is 0. The first-order valence-electron chi connectivity index (χ1n) is 6.22. The minimum atomic E-state index is 0.0755. The predicted octanol–water partition coefficient (Wildman–Crippen LogP) is 2.75. The normalized spacial score (nSPS) is 23.2. The molecule has 2 rings (SSSR count). The molecule has 0 saturated carbocycles. The topological polar surface area (TPSA) is 34.4 Å². The molecule has 1 N–H and O–H groups in total. The molecule has 0 spiro atoms. The summed E-state index contributed by atoms with van der Waals surface area (Å²) in [6.45, 7) is 5.20. The highest BCUT2D eigenvalue weighted by Gasteiger charge is 2.14. The van der Waals surface area contributed by atoms with Gasteiger partial charge in [-0.2, -0.15) is 0 Å². The molecule has 1 aliphatic rings. The van der Waals surface area contributed by atoms with E-state index in [2.05, 4.69) is 5.32 Å². The molecular weight excluding hydrogens is 202 g/mol. The van der Waals surface area contributed by atoms with Crippen molar-refractivity contribution in [2.45, 2.75) is 32.3 Å². The summed E-state index contributed by atoms with van der Waals surface area (Å²) in [6, 6.07) is 3.87. The fraction of sp³-hybridized carbons (Fsp3) is 0.692. The molecule has 0 bridgehead atoms. The molecular formula is C13H21NO2. The minimum absolute atomic E-state index is 0.0755. The van der Waals surface area contributed by atoms with Crippen LogP contribution in [0.1, 0.15) is 38.1 Å². The van der Waals surface area contributed by atoms with E-state index < -0.39 is 0 Å². The zero-order valence-electron chi connectivity index (χ0n) is 9.95. The Morgan fingerprint density at radius 3 is 3.25 bits per heavy atom. The van der Waals surface area contributed by atoms with Crippen LogP contribution in [0.25, 0.3) is 0 Å². The van der Waals surface area contributed by atoms with Crippen molar-refractivity contribution < 1.29 is 9.15 Å². The maximum absolute atomic E-state index is 5.77. The van der Waals surface area contributed by atoms with Crippen molar-refractivity contribution in [3.63, 3.8) is 0 Å². The van der Waals surface area contributed by atoms with Crippen LogP contribution in [-0.4, -0.2) is 19.7 Å². The van der Waals surface area contributed by atoms with Gasteiger partial charge in [-0.05, 0) is 57.3 Å². The summed E-state index contributed by atoms with van der Waals surface area (Å²) in [5, 5.41) is 3.43. The standard InChI is InChI=1S/C13H21NO2/c1-11(13-5-3-8-16-13)15-9-6-12-4-2-7-14-10-12/h3,5,8,11-12,14H,2,4,6-7,9-10H2,1H3. The minimum Gasteiger partial charge on any atom is -0.467 e. The van der Waals surface area contributed by atoms with E-state index in [0.717, 1.165) is 31.3 Å². The smallest absolute Gasteiger partial charge is 0.132 e. The number of hydrogen-bond donors (Lipinski definition) is 1. The number of nitrogens with one attached hydrogen (secondary N) is 1. The summed E-state index contributed by atoms with van der Waals surface area (Å²) in [7, 11) is 0. The Morgan fingerprint density at radius 1 is 1.62 bits per heavy atom. The third-order valence-electron chi connectivity index (χ3n) is 3.24. The monoisotopic (exact) mass is 223 g/mol. The molecule has 1 saturated heterocycles. The van der Waals surface area contributed by atoms with Crippen molar-refractivity contribution in [3.05, 3.63) is 24.2 Å². The molecule has 0 aliphatic carbocycles. The number of ether oxygens (including phenoxy) is 1. The second kappa shape index (κ2) is 6.06. The summed E-state index contributed by atoms with van der Waals surface area (Å²) >= 11 is 0. The van der Waals surface area contributed by atoms with Crippen LogP contribution < -0.4 is 5.32 Å². The summed E-state index contributed by atoms with van der Waals surface area (Å²) < 4.78 is 11.1. The Kier molecular flexibility index (Phi) is 4.43. The van der Waals surface area contributed by atoms with E-state index in [1.165, 1.54) is 19.4 Å². The van der Waals surface area contributed by atoms with Crippen LogP contribution in [0.4, 0.5) is 0 Å². The van der Waals surface area contributed by atoms with E-state index in [-0.39, 0.29) is 6.10 Å². The van der Waals surface area contributed by atoms with Crippen molar-refractivity contribution in [1.29, 1.82) is 0 Å². The Labute approximate surface area is 97.2 Å². The van der Waals surface area contributed by atoms with Crippen LogP contribution in [0.3, 0.4) is 0 Å². The molecule has 3 heteroatoms. The van der Waals surface area contributed by atoms with Crippen molar-refractivity contribution in [1.82, 2.24) is 5.32 Å².